The molecule has 0 aromatic carbocycles. The largest absolute Gasteiger partial charge is 0.481 e. The Kier molecular flexibility index (Phi) is 27.2. The van der Waals surface area contributed by atoms with Crippen molar-refractivity contribution in [2.75, 3.05) is 19.8 Å². The third-order valence-corrected chi connectivity index (χ3v) is 10.8. The van der Waals surface area contributed by atoms with Crippen molar-refractivity contribution in [3.05, 3.63) is 0 Å². The molecule has 2 fully saturated rings. The molecule has 7 atom stereocenters. The van der Waals surface area contributed by atoms with Crippen molar-refractivity contribution in [1.29, 1.82) is 0 Å². The number of ether oxygens (including phenoxy) is 8. The van der Waals surface area contributed by atoms with E-state index in [1.54, 1.807) is 34.6 Å². The van der Waals surface area contributed by atoms with Crippen LogP contribution in [0, 0.1) is 0 Å². The minimum Gasteiger partial charge on any atom is -0.481 e. The molecule has 2 saturated heterocycles. The Morgan fingerprint density at radius 3 is 1.94 bits per heavy atom. The zero-order valence-electron chi connectivity index (χ0n) is 39.2. The number of unbranched alkanes of at least 4 members (excludes halogenated alkanes) is 14. The first-order chi connectivity index (χ1) is 30.1. The molecule has 0 aromatic heterocycles. The van der Waals surface area contributed by atoms with E-state index in [0.717, 1.165) is 51.4 Å². The van der Waals surface area contributed by atoms with Crippen LogP contribution in [0.2, 0.25) is 0 Å². The van der Waals surface area contributed by atoms with E-state index >= 15 is 0 Å². The smallest absolute Gasteiger partial charge is 0.407 e. The third kappa shape index (κ3) is 26.1. The highest BCUT2D eigenvalue weighted by Gasteiger charge is 2.54. The summed E-state index contributed by atoms with van der Waals surface area (Å²) < 4.78 is 45.1. The molecule has 2 heterocycles. The number of carbonyl (C=O) groups excluding carboxylic acids is 4. The molecule has 0 saturated carbocycles. The van der Waals surface area contributed by atoms with Crippen LogP contribution in [0.3, 0.4) is 0 Å². The second-order valence-corrected chi connectivity index (χ2v) is 20.7. The number of alkyl halides is 3. The molecule has 2 aliphatic heterocycles. The van der Waals surface area contributed by atoms with Crippen LogP contribution in [0.25, 0.3) is 0 Å². The average molecular weight is 976 g/mol. The normalized spacial score (nSPS) is 21.8. The number of alkyl carbamates (subject to hydrolysis) is 2. The summed E-state index contributed by atoms with van der Waals surface area (Å²) in [4.78, 5) is 65.0. The molecule has 0 unspecified atom stereocenters. The number of carbonyl (C=O) groups is 5. The standard InChI is InChI=1S/C45H77Cl3N2O14/c1-8-10-12-14-16-17-19-20-22-24-32(60-35(53)25-23-21-18-15-13-11-9-2)27-36(54)62-39-37(50-41(55)58-30-45(46,47)48)40(61-33-29-59-44(6,7)63-38(33)39)57-28-31(26-34(51)52)49-42(56)64-43(3,4)5/h31-33,37-40H,8-30H2,1-7H3,(H,49,56)(H,50,55)(H,51,52)/t31-,32-,33-,37-,38-,39-,40-/m1/s1. The van der Waals surface area contributed by atoms with E-state index < -0.39 is 102 Å². The quantitative estimate of drug-likeness (QED) is 0.0265. The van der Waals surface area contributed by atoms with Gasteiger partial charge in [0.2, 0.25) is 3.79 Å². The molecule has 64 heavy (non-hydrogen) atoms. The minimum absolute atomic E-state index is 0.0534. The minimum atomic E-state index is -1.96. The molecule has 2 aliphatic rings. The number of esters is 2. The molecule has 3 N–H and O–H groups in total. The summed E-state index contributed by atoms with van der Waals surface area (Å²) >= 11 is 17.5. The molecule has 16 nitrogen and oxygen atoms in total. The summed E-state index contributed by atoms with van der Waals surface area (Å²) in [6.07, 6.45) is 9.35. The number of carboxylic acid groups (broad SMARTS) is 1. The topological polar surface area (TPSA) is 203 Å². The van der Waals surface area contributed by atoms with Gasteiger partial charge in [-0.2, -0.15) is 0 Å². The van der Waals surface area contributed by atoms with Gasteiger partial charge >= 0.3 is 30.1 Å². The van der Waals surface area contributed by atoms with Crippen molar-refractivity contribution in [2.45, 2.75) is 235 Å². The molecule has 0 radical (unpaired) electrons. The summed E-state index contributed by atoms with van der Waals surface area (Å²) in [7, 11) is 0. The van der Waals surface area contributed by atoms with E-state index in [2.05, 4.69) is 24.5 Å². The lowest BCUT2D eigenvalue weighted by atomic mass is 9.95. The SMILES string of the molecule is CCCCCCCCCCC[C@H](CC(=O)O[C@@H]1[C@@H](NC(=O)OCC(Cl)(Cl)Cl)[C@H](OC[C@@H](CC(=O)O)NC(=O)OC(C)(C)C)O[C@@H]2COC(C)(C)O[C@@H]12)OC(=O)CCCCCCCCC. The highest BCUT2D eigenvalue weighted by molar-refractivity contribution is 6.67. The summed E-state index contributed by atoms with van der Waals surface area (Å²) in [5.41, 5.74) is -0.882. The van der Waals surface area contributed by atoms with Crippen molar-refractivity contribution in [3.8, 4) is 0 Å². The van der Waals surface area contributed by atoms with Gasteiger partial charge in [-0.3, -0.25) is 14.4 Å². The lowest BCUT2D eigenvalue weighted by Crippen LogP contribution is -2.69. The maximum Gasteiger partial charge on any atom is 0.407 e. The molecule has 0 aromatic rings. The zero-order chi connectivity index (χ0) is 47.8. The van der Waals surface area contributed by atoms with Crippen LogP contribution >= 0.6 is 34.8 Å². The first kappa shape index (κ1) is 57.8. The van der Waals surface area contributed by atoms with Gasteiger partial charge in [-0.25, -0.2) is 9.59 Å². The Labute approximate surface area is 395 Å². The molecule has 0 aliphatic carbocycles. The number of nitrogens with one attached hydrogen (secondary N) is 2. The molecule has 372 valence electrons. The van der Waals surface area contributed by atoms with Crippen LogP contribution < -0.4 is 10.6 Å². The number of hydrogen-bond acceptors (Lipinski definition) is 13. The maximum atomic E-state index is 14.1. The number of halogens is 3. The monoisotopic (exact) mass is 974 g/mol. The van der Waals surface area contributed by atoms with Crippen LogP contribution in [-0.4, -0.2) is 113 Å². The highest BCUT2D eigenvalue weighted by Crippen LogP contribution is 2.35. The Hall–Kier alpha value is -2.34. The van der Waals surface area contributed by atoms with E-state index in [-0.39, 0.29) is 25.4 Å². The zero-order valence-corrected chi connectivity index (χ0v) is 41.5. The van der Waals surface area contributed by atoms with E-state index in [9.17, 15) is 29.1 Å². The molecule has 19 heteroatoms. The maximum absolute atomic E-state index is 14.1. The third-order valence-electron chi connectivity index (χ3n) is 10.5. The molecule has 2 amide bonds. The molecular weight excluding hydrogens is 899 g/mol. The number of aliphatic carboxylic acids is 1. The first-order valence-electron chi connectivity index (χ1n) is 23.3. The lowest BCUT2D eigenvalue weighted by Gasteiger charge is -2.50. The van der Waals surface area contributed by atoms with Crippen molar-refractivity contribution >= 4 is 64.9 Å². The Morgan fingerprint density at radius 1 is 0.797 bits per heavy atom. The van der Waals surface area contributed by atoms with Crippen LogP contribution in [0.15, 0.2) is 0 Å². The van der Waals surface area contributed by atoms with Crippen LogP contribution in [0.1, 0.15) is 177 Å². The first-order valence-corrected chi connectivity index (χ1v) is 24.4. The van der Waals surface area contributed by atoms with Crippen LogP contribution in [0.4, 0.5) is 9.59 Å². The second-order valence-electron chi connectivity index (χ2n) is 18.2. The molecule has 2 rings (SSSR count). The predicted molar refractivity (Wildman–Crippen MR) is 242 cm³/mol. The molecule has 0 bridgehead atoms. The van der Waals surface area contributed by atoms with Crippen LogP contribution in [0.5, 0.6) is 0 Å². The number of carboxylic acids is 1. The van der Waals surface area contributed by atoms with Crippen molar-refractivity contribution in [1.82, 2.24) is 10.6 Å². The molecular formula is C45H77Cl3N2O14. The van der Waals surface area contributed by atoms with Gasteiger partial charge in [-0.15, -0.1) is 0 Å². The summed E-state index contributed by atoms with van der Waals surface area (Å²) in [6.45, 7) is 11.5. The number of hydrogen-bond donors (Lipinski definition) is 3. The van der Waals surface area contributed by atoms with Gasteiger partial charge in [0, 0.05) is 6.42 Å². The van der Waals surface area contributed by atoms with Gasteiger partial charge < -0.3 is 53.6 Å². The molecule has 0 spiro atoms. The Bertz CT molecular complexity index is 1390. The highest BCUT2D eigenvalue weighted by atomic mass is 35.6. The number of fused-ring (bicyclic) bond motifs is 1. The average Bonchev–Trinajstić information content (AvgIpc) is 3.17. The van der Waals surface area contributed by atoms with Crippen molar-refractivity contribution < 1.29 is 67.0 Å². The fraction of sp³-hybridized carbons (Fsp3) is 0.889. The van der Waals surface area contributed by atoms with Gasteiger partial charge in [0.25, 0.3) is 0 Å². The van der Waals surface area contributed by atoms with Crippen molar-refractivity contribution in [3.63, 3.8) is 0 Å². The van der Waals surface area contributed by atoms with Gasteiger partial charge in [-0.05, 0) is 53.9 Å². The van der Waals surface area contributed by atoms with E-state index in [1.807, 2.05) is 0 Å². The fourth-order valence-corrected chi connectivity index (χ4v) is 7.54. The summed E-state index contributed by atoms with van der Waals surface area (Å²) in [6, 6.07) is -2.52. The summed E-state index contributed by atoms with van der Waals surface area (Å²) in [5, 5.41) is 14.7. The predicted octanol–water partition coefficient (Wildman–Crippen LogP) is 9.99. The number of rotatable bonds is 30. The van der Waals surface area contributed by atoms with Crippen molar-refractivity contribution in [2.24, 2.45) is 0 Å². The fourth-order valence-electron chi connectivity index (χ4n) is 7.38. The second kappa shape index (κ2) is 30.1. The lowest BCUT2D eigenvalue weighted by molar-refractivity contribution is -0.369. The van der Waals surface area contributed by atoms with E-state index in [1.165, 1.54) is 44.9 Å². The van der Waals surface area contributed by atoms with E-state index in [4.69, 9.17) is 72.7 Å². The van der Waals surface area contributed by atoms with Gasteiger partial charge in [-0.1, -0.05) is 139 Å². The van der Waals surface area contributed by atoms with Gasteiger partial charge in [0.05, 0.1) is 32.1 Å². The van der Waals surface area contributed by atoms with E-state index in [0.29, 0.717) is 12.8 Å². The number of amides is 2. The van der Waals surface area contributed by atoms with Gasteiger partial charge in [0.1, 0.15) is 36.6 Å². The Morgan fingerprint density at radius 2 is 1.38 bits per heavy atom. The summed E-state index contributed by atoms with van der Waals surface area (Å²) in [5.74, 6) is -3.57. The van der Waals surface area contributed by atoms with Crippen LogP contribution in [-0.2, 0) is 52.3 Å². The van der Waals surface area contributed by atoms with Gasteiger partial charge in [0.15, 0.2) is 18.2 Å². The Balaban J connectivity index is 2.36.